The molecule has 90 valence electrons. The van der Waals surface area contributed by atoms with Gasteiger partial charge in [0.2, 0.25) is 0 Å². The Hall–Kier alpha value is -1.33. The van der Waals surface area contributed by atoms with Gasteiger partial charge in [-0.25, -0.2) is 9.18 Å². The largest absolute Gasteiger partial charge is 0.450 e. The van der Waals surface area contributed by atoms with Crippen molar-refractivity contribution in [3.05, 3.63) is 35.6 Å². The van der Waals surface area contributed by atoms with Crippen LogP contribution in [0.25, 0.3) is 0 Å². The second-order valence-corrected chi connectivity index (χ2v) is 3.08. The zero-order chi connectivity index (χ0) is 11.3. The molecule has 1 amide bonds. The maximum Gasteiger partial charge on any atom is 0.404 e. The van der Waals surface area contributed by atoms with Crippen molar-refractivity contribution in [2.75, 3.05) is 6.61 Å². The van der Waals surface area contributed by atoms with Crippen molar-refractivity contribution in [1.82, 2.24) is 0 Å². The SMILES string of the molecule is Cl.NC(=O)OCCC(N)c1ccccc1F. The average Bonchev–Trinajstić information content (AvgIpc) is 2.17. The molecule has 0 aliphatic carbocycles. The Morgan fingerprint density at radius 2 is 2.06 bits per heavy atom. The highest BCUT2D eigenvalue weighted by Crippen LogP contribution is 2.17. The van der Waals surface area contributed by atoms with Crippen molar-refractivity contribution in [1.29, 1.82) is 0 Å². The number of benzene rings is 1. The maximum atomic E-state index is 13.2. The lowest BCUT2D eigenvalue weighted by Gasteiger charge is -2.12. The van der Waals surface area contributed by atoms with E-state index in [0.717, 1.165) is 0 Å². The van der Waals surface area contributed by atoms with Crippen LogP contribution in [0.2, 0.25) is 0 Å². The maximum absolute atomic E-state index is 13.2. The van der Waals surface area contributed by atoms with Gasteiger partial charge in [-0.15, -0.1) is 12.4 Å². The highest BCUT2D eigenvalue weighted by Gasteiger charge is 2.10. The summed E-state index contributed by atoms with van der Waals surface area (Å²) in [6.07, 6.45) is -0.514. The first-order valence-electron chi connectivity index (χ1n) is 4.53. The van der Waals surface area contributed by atoms with Crippen LogP contribution in [-0.4, -0.2) is 12.7 Å². The smallest absolute Gasteiger partial charge is 0.404 e. The van der Waals surface area contributed by atoms with Crippen molar-refractivity contribution < 1.29 is 13.9 Å². The van der Waals surface area contributed by atoms with E-state index < -0.39 is 12.1 Å². The Bertz CT molecular complexity index is 349. The van der Waals surface area contributed by atoms with E-state index in [-0.39, 0.29) is 24.8 Å². The highest BCUT2D eigenvalue weighted by atomic mass is 35.5. The van der Waals surface area contributed by atoms with E-state index in [0.29, 0.717) is 12.0 Å². The topological polar surface area (TPSA) is 78.3 Å². The minimum Gasteiger partial charge on any atom is -0.450 e. The van der Waals surface area contributed by atoms with Crippen LogP contribution in [-0.2, 0) is 4.74 Å². The number of primary amides is 1. The third kappa shape index (κ3) is 4.46. The molecule has 0 aliphatic rings. The molecule has 1 unspecified atom stereocenters. The molecular formula is C10H14ClFN2O2. The first kappa shape index (κ1) is 14.7. The summed E-state index contributed by atoms with van der Waals surface area (Å²) in [4.78, 5) is 10.3. The molecule has 0 aliphatic heterocycles. The summed E-state index contributed by atoms with van der Waals surface area (Å²) in [5.41, 5.74) is 10.9. The molecule has 0 fully saturated rings. The summed E-state index contributed by atoms with van der Waals surface area (Å²) in [6.45, 7) is 0.0881. The monoisotopic (exact) mass is 248 g/mol. The fraction of sp³-hybridized carbons (Fsp3) is 0.300. The van der Waals surface area contributed by atoms with E-state index in [1.807, 2.05) is 0 Å². The first-order chi connectivity index (χ1) is 7.11. The molecule has 6 heteroatoms. The van der Waals surface area contributed by atoms with Gasteiger partial charge in [0.25, 0.3) is 0 Å². The molecule has 1 rings (SSSR count). The zero-order valence-corrected chi connectivity index (χ0v) is 9.37. The number of halogens is 2. The summed E-state index contributed by atoms with van der Waals surface area (Å²) in [7, 11) is 0. The normalized spacial score (nSPS) is 11.4. The number of ether oxygens (including phenoxy) is 1. The predicted octanol–water partition coefficient (Wildman–Crippen LogP) is 1.73. The third-order valence-electron chi connectivity index (χ3n) is 1.98. The Balaban J connectivity index is 0.00000225. The van der Waals surface area contributed by atoms with Crippen LogP contribution in [0.3, 0.4) is 0 Å². The van der Waals surface area contributed by atoms with Gasteiger partial charge in [0.15, 0.2) is 0 Å². The van der Waals surface area contributed by atoms with Gasteiger partial charge in [-0.3, -0.25) is 0 Å². The van der Waals surface area contributed by atoms with Crippen LogP contribution in [0.1, 0.15) is 18.0 Å². The molecular weight excluding hydrogens is 235 g/mol. The van der Waals surface area contributed by atoms with Crippen LogP contribution < -0.4 is 11.5 Å². The van der Waals surface area contributed by atoms with Gasteiger partial charge in [0.05, 0.1) is 6.61 Å². The van der Waals surface area contributed by atoms with Gasteiger partial charge in [0, 0.05) is 18.0 Å². The minimum absolute atomic E-state index is 0. The van der Waals surface area contributed by atoms with E-state index >= 15 is 0 Å². The Morgan fingerprint density at radius 1 is 1.44 bits per heavy atom. The second kappa shape index (κ2) is 7.03. The van der Waals surface area contributed by atoms with Crippen molar-refractivity contribution in [2.24, 2.45) is 11.5 Å². The third-order valence-corrected chi connectivity index (χ3v) is 1.98. The molecule has 1 aromatic carbocycles. The lowest BCUT2D eigenvalue weighted by molar-refractivity contribution is 0.152. The van der Waals surface area contributed by atoms with Crippen molar-refractivity contribution in [3.63, 3.8) is 0 Å². The molecule has 0 heterocycles. The van der Waals surface area contributed by atoms with Crippen LogP contribution in [0.5, 0.6) is 0 Å². The molecule has 4 N–H and O–H groups in total. The molecule has 0 aromatic heterocycles. The average molecular weight is 249 g/mol. The van der Waals surface area contributed by atoms with Gasteiger partial charge in [-0.1, -0.05) is 18.2 Å². The summed E-state index contributed by atoms with van der Waals surface area (Å²) >= 11 is 0. The molecule has 0 spiro atoms. The van der Waals surface area contributed by atoms with E-state index in [4.69, 9.17) is 11.5 Å². The molecule has 1 aromatic rings. The summed E-state index contributed by atoms with van der Waals surface area (Å²) in [5, 5.41) is 0. The Morgan fingerprint density at radius 3 is 2.62 bits per heavy atom. The van der Waals surface area contributed by atoms with E-state index in [9.17, 15) is 9.18 Å². The summed E-state index contributed by atoms with van der Waals surface area (Å²) in [6, 6.07) is 5.73. The van der Waals surface area contributed by atoms with Crippen LogP contribution in [0, 0.1) is 5.82 Å². The van der Waals surface area contributed by atoms with E-state index in [1.54, 1.807) is 18.2 Å². The minimum atomic E-state index is -0.851. The fourth-order valence-electron chi connectivity index (χ4n) is 1.22. The van der Waals surface area contributed by atoms with Crippen molar-refractivity contribution in [3.8, 4) is 0 Å². The fourth-order valence-corrected chi connectivity index (χ4v) is 1.22. The number of carbonyl (C=O) groups excluding carboxylic acids is 1. The van der Waals surface area contributed by atoms with Crippen LogP contribution >= 0.6 is 12.4 Å². The number of nitrogens with two attached hydrogens (primary N) is 2. The number of amides is 1. The van der Waals surface area contributed by atoms with Gasteiger partial charge in [-0.05, 0) is 6.07 Å². The van der Waals surface area contributed by atoms with E-state index in [1.165, 1.54) is 6.07 Å². The number of rotatable bonds is 4. The van der Waals surface area contributed by atoms with Gasteiger partial charge < -0.3 is 16.2 Å². The quantitative estimate of drug-likeness (QED) is 0.852. The zero-order valence-electron chi connectivity index (χ0n) is 8.56. The molecule has 0 saturated heterocycles. The Kier molecular flexibility index (Phi) is 6.44. The summed E-state index contributed by atoms with van der Waals surface area (Å²) in [5.74, 6) is -0.357. The number of carbonyl (C=O) groups is 1. The lowest BCUT2D eigenvalue weighted by atomic mass is 10.0. The highest BCUT2D eigenvalue weighted by molar-refractivity contribution is 5.85. The van der Waals surface area contributed by atoms with Crippen LogP contribution in [0.4, 0.5) is 9.18 Å². The Labute approximate surface area is 99.2 Å². The van der Waals surface area contributed by atoms with Crippen LogP contribution in [0.15, 0.2) is 24.3 Å². The first-order valence-corrected chi connectivity index (χ1v) is 4.53. The summed E-state index contributed by atoms with van der Waals surface area (Å²) < 4.78 is 17.7. The molecule has 4 nitrogen and oxygen atoms in total. The molecule has 0 saturated carbocycles. The molecule has 16 heavy (non-hydrogen) atoms. The number of hydrogen-bond donors (Lipinski definition) is 2. The van der Waals surface area contributed by atoms with Gasteiger partial charge >= 0.3 is 6.09 Å². The van der Waals surface area contributed by atoms with Crippen molar-refractivity contribution >= 4 is 18.5 Å². The second-order valence-electron chi connectivity index (χ2n) is 3.08. The van der Waals surface area contributed by atoms with Crippen molar-refractivity contribution in [2.45, 2.75) is 12.5 Å². The number of hydrogen-bond acceptors (Lipinski definition) is 3. The standard InChI is InChI=1S/C10H13FN2O2.ClH/c11-8-4-2-1-3-7(8)9(12)5-6-15-10(13)14;/h1-4,9H,5-6,12H2,(H2,13,14);1H. The predicted molar refractivity (Wildman–Crippen MR) is 60.7 cm³/mol. The van der Waals surface area contributed by atoms with E-state index in [2.05, 4.69) is 4.74 Å². The van der Waals surface area contributed by atoms with Gasteiger partial charge in [-0.2, -0.15) is 0 Å². The molecule has 0 bridgehead atoms. The molecule has 0 radical (unpaired) electrons. The van der Waals surface area contributed by atoms with Gasteiger partial charge in [0.1, 0.15) is 5.82 Å². The lowest BCUT2D eigenvalue weighted by Crippen LogP contribution is -2.18. The molecule has 1 atom stereocenters.